The summed E-state index contributed by atoms with van der Waals surface area (Å²) in [7, 11) is 1.97. The van der Waals surface area contributed by atoms with Gasteiger partial charge in [0.05, 0.1) is 6.04 Å². The van der Waals surface area contributed by atoms with Crippen LogP contribution in [0, 0.1) is 11.6 Å². The van der Waals surface area contributed by atoms with Crippen LogP contribution in [-0.2, 0) is 11.2 Å². The van der Waals surface area contributed by atoms with Gasteiger partial charge in [0, 0.05) is 12.6 Å². The number of halogens is 2. The van der Waals surface area contributed by atoms with Crippen molar-refractivity contribution in [3.05, 3.63) is 35.4 Å². The summed E-state index contributed by atoms with van der Waals surface area (Å²) in [6.07, 6.45) is 4.66. The zero-order valence-electron chi connectivity index (χ0n) is 12.4. The Hall–Kier alpha value is -1.49. The summed E-state index contributed by atoms with van der Waals surface area (Å²) in [6, 6.07) is 3.36. The minimum Gasteiger partial charge on any atom is -0.354 e. The Bertz CT molecular complexity index is 473. The standard InChI is InChI=1S/C16H22F2N2O/c1-20-8-4-2-3-5-15(20)16(21)19-7-6-12-9-13(17)11-14(18)10-12/h9-11,15H,2-8H2,1H3,(H,19,21)/t15-/m1/s1. The second kappa shape index (κ2) is 7.50. The summed E-state index contributed by atoms with van der Waals surface area (Å²) in [5, 5.41) is 2.87. The molecule has 116 valence electrons. The molecular weight excluding hydrogens is 274 g/mol. The minimum atomic E-state index is -0.583. The Morgan fingerprint density at radius 1 is 1.24 bits per heavy atom. The average Bonchev–Trinajstić information content (AvgIpc) is 2.62. The van der Waals surface area contributed by atoms with Crippen LogP contribution in [0.3, 0.4) is 0 Å². The van der Waals surface area contributed by atoms with E-state index < -0.39 is 11.6 Å². The van der Waals surface area contributed by atoms with Gasteiger partial charge in [-0.15, -0.1) is 0 Å². The van der Waals surface area contributed by atoms with Gasteiger partial charge in [-0.2, -0.15) is 0 Å². The lowest BCUT2D eigenvalue weighted by Gasteiger charge is -2.24. The zero-order valence-corrected chi connectivity index (χ0v) is 12.4. The van der Waals surface area contributed by atoms with Gasteiger partial charge in [-0.25, -0.2) is 8.78 Å². The van der Waals surface area contributed by atoms with Crippen LogP contribution >= 0.6 is 0 Å². The highest BCUT2D eigenvalue weighted by molar-refractivity contribution is 5.81. The molecule has 1 atom stereocenters. The van der Waals surface area contributed by atoms with Crippen molar-refractivity contribution in [1.29, 1.82) is 0 Å². The molecule has 1 fully saturated rings. The molecule has 1 aliphatic rings. The highest BCUT2D eigenvalue weighted by Crippen LogP contribution is 2.15. The Balaban J connectivity index is 1.83. The molecule has 21 heavy (non-hydrogen) atoms. The van der Waals surface area contributed by atoms with E-state index in [0.717, 1.165) is 38.3 Å². The fourth-order valence-corrected chi connectivity index (χ4v) is 2.79. The quantitative estimate of drug-likeness (QED) is 0.926. The average molecular weight is 296 g/mol. The van der Waals surface area contributed by atoms with Crippen LogP contribution in [-0.4, -0.2) is 37.0 Å². The number of rotatable bonds is 4. The smallest absolute Gasteiger partial charge is 0.237 e. The summed E-state index contributed by atoms with van der Waals surface area (Å²) in [6.45, 7) is 1.33. The highest BCUT2D eigenvalue weighted by Gasteiger charge is 2.24. The van der Waals surface area contributed by atoms with Crippen molar-refractivity contribution in [2.24, 2.45) is 0 Å². The monoisotopic (exact) mass is 296 g/mol. The number of carbonyl (C=O) groups excluding carboxylic acids is 1. The van der Waals surface area contributed by atoms with E-state index in [1.165, 1.54) is 12.1 Å². The molecule has 1 saturated heterocycles. The van der Waals surface area contributed by atoms with Gasteiger partial charge in [0.1, 0.15) is 11.6 Å². The molecule has 1 N–H and O–H groups in total. The third-order valence-corrected chi connectivity index (χ3v) is 3.96. The lowest BCUT2D eigenvalue weighted by Crippen LogP contribution is -2.45. The number of likely N-dealkylation sites (tertiary alicyclic amines) is 1. The molecule has 2 rings (SSSR count). The molecule has 0 aromatic heterocycles. The fraction of sp³-hybridized carbons (Fsp3) is 0.562. The Morgan fingerprint density at radius 3 is 2.67 bits per heavy atom. The second-order valence-corrected chi connectivity index (χ2v) is 5.66. The Morgan fingerprint density at radius 2 is 1.95 bits per heavy atom. The topological polar surface area (TPSA) is 32.3 Å². The van der Waals surface area contributed by atoms with Crippen molar-refractivity contribution in [2.45, 2.75) is 38.1 Å². The summed E-state index contributed by atoms with van der Waals surface area (Å²) in [5.41, 5.74) is 0.557. The predicted octanol–water partition coefficient (Wildman–Crippen LogP) is 2.50. The number of nitrogens with zero attached hydrogens (tertiary/aromatic N) is 1. The van der Waals surface area contributed by atoms with Crippen LogP contribution in [0.5, 0.6) is 0 Å². The number of likely N-dealkylation sites (N-methyl/N-ethyl adjacent to an activating group) is 1. The molecule has 0 spiro atoms. The SMILES string of the molecule is CN1CCCCC[C@@H]1C(=O)NCCc1cc(F)cc(F)c1. The van der Waals surface area contributed by atoms with Crippen LogP contribution in [0.15, 0.2) is 18.2 Å². The number of hydrogen-bond donors (Lipinski definition) is 1. The normalized spacial score (nSPS) is 20.0. The summed E-state index contributed by atoms with van der Waals surface area (Å²) >= 11 is 0. The molecule has 0 unspecified atom stereocenters. The third kappa shape index (κ3) is 4.77. The highest BCUT2D eigenvalue weighted by atomic mass is 19.1. The minimum absolute atomic E-state index is 0.0104. The summed E-state index contributed by atoms with van der Waals surface area (Å²) < 4.78 is 26.1. The van der Waals surface area contributed by atoms with Crippen LogP contribution in [0.25, 0.3) is 0 Å². The van der Waals surface area contributed by atoms with Gasteiger partial charge >= 0.3 is 0 Å². The Labute approximate surface area is 124 Å². The molecule has 1 aliphatic heterocycles. The van der Waals surface area contributed by atoms with Gasteiger partial charge in [0.2, 0.25) is 5.91 Å². The molecule has 1 aromatic rings. The van der Waals surface area contributed by atoms with Gasteiger partial charge in [-0.05, 0) is 50.6 Å². The first-order valence-electron chi connectivity index (χ1n) is 7.49. The van der Waals surface area contributed by atoms with Gasteiger partial charge in [-0.3, -0.25) is 9.69 Å². The van der Waals surface area contributed by atoms with Crippen molar-refractivity contribution >= 4 is 5.91 Å². The lowest BCUT2D eigenvalue weighted by atomic mass is 10.1. The fourth-order valence-electron chi connectivity index (χ4n) is 2.79. The van der Waals surface area contributed by atoms with Crippen LogP contribution in [0.2, 0.25) is 0 Å². The van der Waals surface area contributed by atoms with Crippen molar-refractivity contribution in [2.75, 3.05) is 20.1 Å². The molecule has 0 aliphatic carbocycles. The maximum atomic E-state index is 13.1. The molecule has 3 nitrogen and oxygen atoms in total. The molecule has 5 heteroatoms. The first kappa shape index (κ1) is 15.9. The molecule has 1 heterocycles. The molecule has 0 radical (unpaired) electrons. The molecule has 0 bridgehead atoms. The van der Waals surface area contributed by atoms with Crippen molar-refractivity contribution in [3.8, 4) is 0 Å². The van der Waals surface area contributed by atoms with E-state index in [9.17, 15) is 13.6 Å². The van der Waals surface area contributed by atoms with Crippen molar-refractivity contribution in [1.82, 2.24) is 10.2 Å². The van der Waals surface area contributed by atoms with Gasteiger partial charge in [0.15, 0.2) is 0 Å². The summed E-state index contributed by atoms with van der Waals surface area (Å²) in [4.78, 5) is 14.3. The largest absolute Gasteiger partial charge is 0.354 e. The van der Waals surface area contributed by atoms with Crippen LogP contribution in [0.4, 0.5) is 8.78 Å². The lowest BCUT2D eigenvalue weighted by molar-refractivity contribution is -0.126. The van der Waals surface area contributed by atoms with Gasteiger partial charge in [0.25, 0.3) is 0 Å². The van der Waals surface area contributed by atoms with E-state index in [0.29, 0.717) is 18.5 Å². The van der Waals surface area contributed by atoms with Crippen LogP contribution in [0.1, 0.15) is 31.2 Å². The van der Waals surface area contributed by atoms with E-state index in [4.69, 9.17) is 0 Å². The van der Waals surface area contributed by atoms with Gasteiger partial charge < -0.3 is 5.32 Å². The summed E-state index contributed by atoms with van der Waals surface area (Å²) in [5.74, 6) is -1.16. The predicted molar refractivity (Wildman–Crippen MR) is 78.0 cm³/mol. The second-order valence-electron chi connectivity index (χ2n) is 5.66. The number of nitrogens with one attached hydrogen (secondary N) is 1. The first-order valence-corrected chi connectivity index (χ1v) is 7.49. The first-order chi connectivity index (χ1) is 10.1. The zero-order chi connectivity index (χ0) is 15.2. The Kier molecular flexibility index (Phi) is 5.67. The maximum absolute atomic E-state index is 13.1. The van der Waals surface area contributed by atoms with E-state index >= 15 is 0 Å². The van der Waals surface area contributed by atoms with E-state index in [1.54, 1.807) is 0 Å². The molecule has 0 saturated carbocycles. The maximum Gasteiger partial charge on any atom is 0.237 e. The van der Waals surface area contributed by atoms with Crippen molar-refractivity contribution in [3.63, 3.8) is 0 Å². The third-order valence-electron chi connectivity index (χ3n) is 3.96. The van der Waals surface area contributed by atoms with Crippen LogP contribution < -0.4 is 5.32 Å². The van der Waals surface area contributed by atoms with E-state index in [-0.39, 0.29) is 11.9 Å². The van der Waals surface area contributed by atoms with Crippen molar-refractivity contribution < 1.29 is 13.6 Å². The number of amides is 1. The number of hydrogen-bond acceptors (Lipinski definition) is 2. The number of carbonyl (C=O) groups is 1. The molecular formula is C16H22F2N2O. The van der Waals surface area contributed by atoms with E-state index in [2.05, 4.69) is 10.2 Å². The molecule has 1 aromatic carbocycles. The van der Waals surface area contributed by atoms with Gasteiger partial charge in [-0.1, -0.05) is 12.8 Å². The number of benzene rings is 1. The van der Waals surface area contributed by atoms with E-state index in [1.807, 2.05) is 7.05 Å². The molecule has 1 amide bonds.